The third-order valence-electron chi connectivity index (χ3n) is 2.74. The average molecular weight is 226 g/mol. The number of carboxylic acids is 1. The molecule has 1 rings (SSSR count). The van der Waals surface area contributed by atoms with Gasteiger partial charge in [-0.25, -0.2) is 4.79 Å². The number of hydrogen-bond donors (Lipinski definition) is 1. The van der Waals surface area contributed by atoms with Gasteiger partial charge in [0.15, 0.2) is 0 Å². The molecule has 4 heteroatoms. The van der Waals surface area contributed by atoms with Crippen molar-refractivity contribution < 1.29 is 19.4 Å². The Morgan fingerprint density at radius 3 is 2.56 bits per heavy atom. The molecule has 0 heterocycles. The molecule has 0 saturated heterocycles. The van der Waals surface area contributed by atoms with Crippen LogP contribution in [-0.4, -0.2) is 23.1 Å². The SMILES string of the molecule is CC(=CCCC(=O)OC1CCCC1)C(=O)O. The minimum atomic E-state index is -0.941. The lowest BCUT2D eigenvalue weighted by atomic mass is 10.2. The Bertz CT molecular complexity index is 287. The van der Waals surface area contributed by atoms with Gasteiger partial charge >= 0.3 is 11.9 Å². The summed E-state index contributed by atoms with van der Waals surface area (Å²) >= 11 is 0. The molecule has 0 aliphatic heterocycles. The van der Waals surface area contributed by atoms with Crippen LogP contribution < -0.4 is 0 Å². The van der Waals surface area contributed by atoms with Crippen molar-refractivity contribution in [1.29, 1.82) is 0 Å². The van der Waals surface area contributed by atoms with E-state index in [4.69, 9.17) is 9.84 Å². The molecular formula is C12H18O4. The maximum Gasteiger partial charge on any atom is 0.330 e. The van der Waals surface area contributed by atoms with Crippen molar-refractivity contribution in [2.45, 2.75) is 51.6 Å². The molecular weight excluding hydrogens is 208 g/mol. The van der Waals surface area contributed by atoms with E-state index in [9.17, 15) is 9.59 Å². The Hall–Kier alpha value is -1.32. The number of carboxylic acid groups (broad SMARTS) is 1. The highest BCUT2D eigenvalue weighted by Crippen LogP contribution is 2.21. The summed E-state index contributed by atoms with van der Waals surface area (Å²) in [6.45, 7) is 1.52. The predicted octanol–water partition coefficient (Wildman–Crippen LogP) is 2.28. The van der Waals surface area contributed by atoms with Gasteiger partial charge in [0.2, 0.25) is 0 Å². The molecule has 0 aromatic heterocycles. The number of carbonyl (C=O) groups is 2. The summed E-state index contributed by atoms with van der Waals surface area (Å²) in [7, 11) is 0. The van der Waals surface area contributed by atoms with Crippen LogP contribution in [-0.2, 0) is 14.3 Å². The lowest BCUT2D eigenvalue weighted by Gasteiger charge is -2.10. The zero-order valence-corrected chi connectivity index (χ0v) is 9.57. The van der Waals surface area contributed by atoms with Crippen LogP contribution in [0.15, 0.2) is 11.6 Å². The van der Waals surface area contributed by atoms with Gasteiger partial charge in [0.05, 0.1) is 0 Å². The summed E-state index contributed by atoms with van der Waals surface area (Å²) in [4.78, 5) is 21.8. The van der Waals surface area contributed by atoms with Crippen LogP contribution in [0.25, 0.3) is 0 Å². The monoisotopic (exact) mass is 226 g/mol. The molecule has 1 aliphatic carbocycles. The Balaban J connectivity index is 2.19. The van der Waals surface area contributed by atoms with E-state index in [0.717, 1.165) is 25.7 Å². The van der Waals surface area contributed by atoms with E-state index in [1.807, 2.05) is 0 Å². The Labute approximate surface area is 95.3 Å². The molecule has 0 unspecified atom stereocenters. The highest BCUT2D eigenvalue weighted by atomic mass is 16.5. The van der Waals surface area contributed by atoms with Crippen LogP contribution in [0.3, 0.4) is 0 Å². The molecule has 1 aliphatic rings. The summed E-state index contributed by atoms with van der Waals surface area (Å²) in [6, 6.07) is 0. The zero-order chi connectivity index (χ0) is 12.0. The van der Waals surface area contributed by atoms with E-state index < -0.39 is 5.97 Å². The second-order valence-corrected chi connectivity index (χ2v) is 4.13. The van der Waals surface area contributed by atoms with Gasteiger partial charge in [-0.1, -0.05) is 6.08 Å². The van der Waals surface area contributed by atoms with Crippen molar-refractivity contribution >= 4 is 11.9 Å². The van der Waals surface area contributed by atoms with Gasteiger partial charge in [0, 0.05) is 12.0 Å². The predicted molar refractivity (Wildman–Crippen MR) is 59.0 cm³/mol. The molecule has 90 valence electrons. The Kier molecular flexibility index (Phi) is 5.02. The normalized spacial score (nSPS) is 17.4. The first-order valence-electron chi connectivity index (χ1n) is 5.69. The first-order chi connectivity index (χ1) is 7.59. The van der Waals surface area contributed by atoms with Gasteiger partial charge in [-0.3, -0.25) is 4.79 Å². The first-order valence-corrected chi connectivity index (χ1v) is 5.69. The maximum absolute atomic E-state index is 11.4. The van der Waals surface area contributed by atoms with Crippen LogP contribution in [0.1, 0.15) is 45.4 Å². The molecule has 1 saturated carbocycles. The van der Waals surface area contributed by atoms with E-state index in [1.54, 1.807) is 6.08 Å². The average Bonchev–Trinajstić information content (AvgIpc) is 2.70. The van der Waals surface area contributed by atoms with Crippen LogP contribution in [0.2, 0.25) is 0 Å². The lowest BCUT2D eigenvalue weighted by molar-refractivity contribution is -0.148. The van der Waals surface area contributed by atoms with Crippen LogP contribution in [0, 0.1) is 0 Å². The Morgan fingerprint density at radius 2 is 2.00 bits per heavy atom. The summed E-state index contributed by atoms with van der Waals surface area (Å²) < 4.78 is 5.24. The first kappa shape index (κ1) is 12.7. The fraction of sp³-hybridized carbons (Fsp3) is 0.667. The third kappa shape index (κ3) is 4.47. The molecule has 16 heavy (non-hydrogen) atoms. The van der Waals surface area contributed by atoms with Gasteiger partial charge in [0.1, 0.15) is 6.10 Å². The van der Waals surface area contributed by atoms with Gasteiger partial charge < -0.3 is 9.84 Å². The second-order valence-electron chi connectivity index (χ2n) is 4.13. The maximum atomic E-state index is 11.4. The summed E-state index contributed by atoms with van der Waals surface area (Å²) in [5, 5.41) is 8.59. The molecule has 0 atom stereocenters. The van der Waals surface area contributed by atoms with Crippen molar-refractivity contribution in [3.8, 4) is 0 Å². The fourth-order valence-corrected chi connectivity index (χ4v) is 1.74. The minimum Gasteiger partial charge on any atom is -0.478 e. The van der Waals surface area contributed by atoms with Crippen molar-refractivity contribution in [3.63, 3.8) is 0 Å². The van der Waals surface area contributed by atoms with Crippen molar-refractivity contribution in [2.24, 2.45) is 0 Å². The minimum absolute atomic E-state index is 0.0945. The number of aliphatic carboxylic acids is 1. The quantitative estimate of drug-likeness (QED) is 0.577. The van der Waals surface area contributed by atoms with Crippen molar-refractivity contribution in [2.75, 3.05) is 0 Å². The van der Waals surface area contributed by atoms with Gasteiger partial charge in [0.25, 0.3) is 0 Å². The number of allylic oxidation sites excluding steroid dienone is 1. The highest BCUT2D eigenvalue weighted by Gasteiger charge is 2.18. The van der Waals surface area contributed by atoms with Gasteiger partial charge in [-0.15, -0.1) is 0 Å². The summed E-state index contributed by atoms with van der Waals surface area (Å²) in [6.07, 6.45) is 6.55. The van der Waals surface area contributed by atoms with Crippen LogP contribution in [0.4, 0.5) is 0 Å². The van der Waals surface area contributed by atoms with Crippen LogP contribution >= 0.6 is 0 Å². The number of esters is 1. The molecule has 4 nitrogen and oxygen atoms in total. The number of carbonyl (C=O) groups excluding carboxylic acids is 1. The summed E-state index contributed by atoms with van der Waals surface area (Å²) in [5.74, 6) is -1.16. The lowest BCUT2D eigenvalue weighted by Crippen LogP contribution is -2.14. The number of ether oxygens (including phenoxy) is 1. The van der Waals surface area contributed by atoms with Crippen molar-refractivity contribution in [1.82, 2.24) is 0 Å². The molecule has 0 aromatic carbocycles. The highest BCUT2D eigenvalue weighted by molar-refractivity contribution is 5.85. The summed E-state index contributed by atoms with van der Waals surface area (Å²) in [5.41, 5.74) is 0.272. The molecule has 1 fully saturated rings. The fourth-order valence-electron chi connectivity index (χ4n) is 1.74. The van der Waals surface area contributed by atoms with Crippen molar-refractivity contribution in [3.05, 3.63) is 11.6 Å². The molecule has 0 aromatic rings. The molecule has 1 N–H and O–H groups in total. The molecule has 0 radical (unpaired) electrons. The third-order valence-corrected chi connectivity index (χ3v) is 2.74. The molecule has 0 bridgehead atoms. The van der Waals surface area contributed by atoms with Gasteiger partial charge in [-0.2, -0.15) is 0 Å². The van der Waals surface area contributed by atoms with Gasteiger partial charge in [-0.05, 0) is 39.0 Å². The topological polar surface area (TPSA) is 63.6 Å². The second kappa shape index (κ2) is 6.30. The largest absolute Gasteiger partial charge is 0.478 e. The van der Waals surface area contributed by atoms with Crippen LogP contribution in [0.5, 0.6) is 0 Å². The van der Waals surface area contributed by atoms with E-state index in [1.165, 1.54) is 6.92 Å². The van der Waals surface area contributed by atoms with E-state index in [2.05, 4.69) is 0 Å². The number of rotatable bonds is 5. The zero-order valence-electron chi connectivity index (χ0n) is 9.57. The van der Waals surface area contributed by atoms with E-state index in [0.29, 0.717) is 6.42 Å². The molecule has 0 amide bonds. The smallest absolute Gasteiger partial charge is 0.330 e. The number of hydrogen-bond acceptors (Lipinski definition) is 3. The van der Waals surface area contributed by atoms with E-state index in [-0.39, 0.29) is 24.1 Å². The van der Waals surface area contributed by atoms with E-state index >= 15 is 0 Å². The Morgan fingerprint density at radius 1 is 1.38 bits per heavy atom. The molecule has 0 spiro atoms. The standard InChI is InChI=1S/C12H18O4/c1-9(12(14)15)5-4-8-11(13)16-10-6-2-3-7-10/h5,10H,2-4,6-8H2,1H3,(H,14,15).